The molecule has 1 aromatic rings. The zero-order chi connectivity index (χ0) is 14.5. The van der Waals surface area contributed by atoms with Gasteiger partial charge in [0, 0.05) is 23.7 Å². The van der Waals surface area contributed by atoms with Crippen LogP contribution in [0.5, 0.6) is 0 Å². The van der Waals surface area contributed by atoms with E-state index >= 15 is 0 Å². The molecule has 1 aromatic carbocycles. The van der Waals surface area contributed by atoms with Crippen molar-refractivity contribution in [2.45, 2.75) is 12.8 Å². The molecule has 0 bridgehead atoms. The minimum Gasteiger partial charge on any atom is -0.342 e. The molecule has 108 valence electrons. The highest BCUT2D eigenvalue weighted by atomic mass is 35.5. The minimum absolute atomic E-state index is 0.00149. The van der Waals surface area contributed by atoms with Crippen LogP contribution in [0.3, 0.4) is 0 Å². The Labute approximate surface area is 124 Å². The third kappa shape index (κ3) is 4.05. The lowest BCUT2D eigenvalue weighted by Crippen LogP contribution is -2.39. The molecule has 1 aliphatic rings. The SMILES string of the molecule is CN(CC(=O)c1ccc(Cl)cc1)CC(=O)N1CCCC1. The molecule has 0 N–H and O–H groups in total. The van der Waals surface area contributed by atoms with Gasteiger partial charge in [0.1, 0.15) is 0 Å². The molecule has 2 rings (SSSR count). The molecule has 1 amide bonds. The van der Waals surface area contributed by atoms with Crippen molar-refractivity contribution in [1.82, 2.24) is 9.80 Å². The number of Topliss-reactive ketones (excluding diaryl/α,β-unsaturated/α-hetero) is 1. The summed E-state index contributed by atoms with van der Waals surface area (Å²) in [7, 11) is 1.79. The van der Waals surface area contributed by atoms with Gasteiger partial charge in [0.25, 0.3) is 0 Å². The fourth-order valence-electron chi connectivity index (χ4n) is 2.33. The van der Waals surface area contributed by atoms with E-state index in [9.17, 15) is 9.59 Å². The fraction of sp³-hybridized carbons (Fsp3) is 0.467. The van der Waals surface area contributed by atoms with Crippen molar-refractivity contribution in [3.8, 4) is 0 Å². The molecule has 1 heterocycles. The van der Waals surface area contributed by atoms with Gasteiger partial charge in [-0.15, -0.1) is 0 Å². The van der Waals surface area contributed by atoms with Crippen molar-refractivity contribution >= 4 is 23.3 Å². The summed E-state index contributed by atoms with van der Waals surface area (Å²) in [6, 6.07) is 6.82. The molecule has 0 unspecified atom stereocenters. The van der Waals surface area contributed by atoms with Crippen LogP contribution in [-0.2, 0) is 4.79 Å². The van der Waals surface area contributed by atoms with Crippen LogP contribution in [-0.4, -0.2) is 54.7 Å². The molecule has 1 aliphatic heterocycles. The van der Waals surface area contributed by atoms with Gasteiger partial charge >= 0.3 is 0 Å². The van der Waals surface area contributed by atoms with Gasteiger partial charge in [-0.1, -0.05) is 11.6 Å². The molecule has 5 heteroatoms. The van der Waals surface area contributed by atoms with Crippen LogP contribution in [0.1, 0.15) is 23.2 Å². The van der Waals surface area contributed by atoms with Crippen LogP contribution in [0.25, 0.3) is 0 Å². The van der Waals surface area contributed by atoms with Crippen molar-refractivity contribution in [3.63, 3.8) is 0 Å². The number of hydrogen-bond acceptors (Lipinski definition) is 3. The molecular formula is C15H19ClN2O2. The van der Waals surface area contributed by atoms with E-state index in [1.54, 1.807) is 36.2 Å². The minimum atomic E-state index is -0.00149. The first-order valence-electron chi connectivity index (χ1n) is 6.81. The first-order valence-corrected chi connectivity index (χ1v) is 7.19. The third-order valence-electron chi connectivity index (χ3n) is 3.44. The molecule has 0 aliphatic carbocycles. The van der Waals surface area contributed by atoms with Crippen LogP contribution < -0.4 is 0 Å². The van der Waals surface area contributed by atoms with E-state index in [0.717, 1.165) is 25.9 Å². The number of rotatable bonds is 5. The maximum Gasteiger partial charge on any atom is 0.236 e. The zero-order valence-corrected chi connectivity index (χ0v) is 12.4. The van der Waals surface area contributed by atoms with Crippen LogP contribution >= 0.6 is 11.6 Å². The van der Waals surface area contributed by atoms with E-state index in [-0.39, 0.29) is 18.2 Å². The Morgan fingerprint density at radius 2 is 1.75 bits per heavy atom. The number of benzene rings is 1. The molecule has 20 heavy (non-hydrogen) atoms. The van der Waals surface area contributed by atoms with Gasteiger partial charge in [-0.2, -0.15) is 0 Å². The van der Waals surface area contributed by atoms with Gasteiger partial charge in [0.15, 0.2) is 5.78 Å². The average Bonchev–Trinajstić information content (AvgIpc) is 2.93. The third-order valence-corrected chi connectivity index (χ3v) is 3.70. The Balaban J connectivity index is 1.84. The first kappa shape index (κ1) is 15.0. The van der Waals surface area contributed by atoms with Crippen molar-refractivity contribution < 1.29 is 9.59 Å². The number of nitrogens with zero attached hydrogens (tertiary/aromatic N) is 2. The number of carbonyl (C=O) groups is 2. The molecule has 4 nitrogen and oxygen atoms in total. The molecular weight excluding hydrogens is 276 g/mol. The lowest BCUT2D eigenvalue weighted by atomic mass is 10.1. The Hall–Kier alpha value is -1.39. The van der Waals surface area contributed by atoms with Gasteiger partial charge < -0.3 is 4.90 Å². The highest BCUT2D eigenvalue weighted by Gasteiger charge is 2.20. The lowest BCUT2D eigenvalue weighted by molar-refractivity contribution is -0.130. The Kier molecular flexibility index (Phi) is 5.15. The molecule has 0 radical (unpaired) electrons. The van der Waals surface area contributed by atoms with E-state index in [4.69, 9.17) is 11.6 Å². The van der Waals surface area contributed by atoms with Crippen molar-refractivity contribution in [2.24, 2.45) is 0 Å². The Bertz CT molecular complexity index is 481. The topological polar surface area (TPSA) is 40.6 Å². The fourth-order valence-corrected chi connectivity index (χ4v) is 2.45. The largest absolute Gasteiger partial charge is 0.342 e. The Morgan fingerprint density at radius 1 is 1.15 bits per heavy atom. The highest BCUT2D eigenvalue weighted by Crippen LogP contribution is 2.11. The van der Waals surface area contributed by atoms with Crippen molar-refractivity contribution in [3.05, 3.63) is 34.9 Å². The van der Waals surface area contributed by atoms with E-state index in [2.05, 4.69) is 0 Å². The predicted molar refractivity (Wildman–Crippen MR) is 79.1 cm³/mol. The lowest BCUT2D eigenvalue weighted by Gasteiger charge is -2.20. The summed E-state index contributed by atoms with van der Waals surface area (Å²) in [5.74, 6) is 0.104. The first-order chi connectivity index (χ1) is 9.56. The van der Waals surface area contributed by atoms with E-state index in [1.165, 1.54) is 0 Å². The van der Waals surface area contributed by atoms with Crippen LogP contribution in [0.2, 0.25) is 5.02 Å². The maximum absolute atomic E-state index is 12.1. The predicted octanol–water partition coefficient (Wildman–Crippen LogP) is 2.08. The van der Waals surface area contributed by atoms with Crippen molar-refractivity contribution in [2.75, 3.05) is 33.2 Å². The molecule has 1 fully saturated rings. The molecule has 0 spiro atoms. The monoisotopic (exact) mass is 294 g/mol. The van der Waals surface area contributed by atoms with Crippen LogP contribution in [0, 0.1) is 0 Å². The second-order valence-corrected chi connectivity index (χ2v) is 5.63. The number of carbonyl (C=O) groups excluding carboxylic acids is 2. The summed E-state index contributed by atoms with van der Waals surface area (Å²) in [6.45, 7) is 2.22. The summed E-state index contributed by atoms with van der Waals surface area (Å²) in [5.41, 5.74) is 0.620. The zero-order valence-electron chi connectivity index (χ0n) is 11.6. The Morgan fingerprint density at radius 3 is 2.35 bits per heavy atom. The van der Waals surface area contributed by atoms with Gasteiger partial charge in [-0.05, 0) is 44.2 Å². The normalized spacial score (nSPS) is 14.8. The number of likely N-dealkylation sites (N-methyl/N-ethyl adjacent to an activating group) is 1. The van der Waals surface area contributed by atoms with Gasteiger partial charge in [0.05, 0.1) is 13.1 Å². The summed E-state index contributed by atoms with van der Waals surface area (Å²) < 4.78 is 0. The molecule has 0 aromatic heterocycles. The summed E-state index contributed by atoms with van der Waals surface area (Å²) in [4.78, 5) is 27.7. The average molecular weight is 295 g/mol. The van der Waals surface area contributed by atoms with Gasteiger partial charge in [-0.3, -0.25) is 14.5 Å². The quantitative estimate of drug-likeness (QED) is 0.781. The maximum atomic E-state index is 12.1. The smallest absolute Gasteiger partial charge is 0.236 e. The second-order valence-electron chi connectivity index (χ2n) is 5.19. The molecule has 0 atom stereocenters. The van der Waals surface area contributed by atoms with E-state index in [0.29, 0.717) is 17.1 Å². The summed E-state index contributed by atoms with van der Waals surface area (Å²) in [6.07, 6.45) is 2.16. The number of hydrogen-bond donors (Lipinski definition) is 0. The second kappa shape index (κ2) is 6.86. The van der Waals surface area contributed by atoms with Crippen LogP contribution in [0.15, 0.2) is 24.3 Å². The number of amides is 1. The van der Waals surface area contributed by atoms with E-state index in [1.807, 2.05) is 4.90 Å². The van der Waals surface area contributed by atoms with Crippen molar-refractivity contribution in [1.29, 1.82) is 0 Å². The summed E-state index contributed by atoms with van der Waals surface area (Å²) >= 11 is 5.79. The summed E-state index contributed by atoms with van der Waals surface area (Å²) in [5, 5.41) is 0.610. The standard InChI is InChI=1S/C15H19ClN2O2/c1-17(11-15(20)18-8-2-3-9-18)10-14(19)12-4-6-13(16)7-5-12/h4-7H,2-3,8-11H2,1H3. The highest BCUT2D eigenvalue weighted by molar-refractivity contribution is 6.30. The molecule has 1 saturated heterocycles. The van der Waals surface area contributed by atoms with Crippen LogP contribution in [0.4, 0.5) is 0 Å². The molecule has 0 saturated carbocycles. The number of ketones is 1. The van der Waals surface area contributed by atoms with Gasteiger partial charge in [-0.25, -0.2) is 0 Å². The van der Waals surface area contributed by atoms with E-state index < -0.39 is 0 Å². The van der Waals surface area contributed by atoms with Gasteiger partial charge in [0.2, 0.25) is 5.91 Å². The number of likely N-dealkylation sites (tertiary alicyclic amines) is 1. The number of halogens is 1.